The Morgan fingerprint density at radius 1 is 1.40 bits per heavy atom. The molecule has 0 bridgehead atoms. The lowest BCUT2D eigenvalue weighted by molar-refractivity contribution is -0.0524. The number of nitrogen functional groups attached to an aromatic ring is 1. The molecule has 0 spiro atoms. The minimum absolute atomic E-state index is 0.0811. The van der Waals surface area contributed by atoms with Gasteiger partial charge in [0.2, 0.25) is 0 Å². The third kappa shape index (κ3) is 1.70. The summed E-state index contributed by atoms with van der Waals surface area (Å²) in [5.41, 5.74) is 5.38. The molecule has 0 amide bonds. The first kappa shape index (κ1) is 13.0. The average Bonchev–Trinajstić information content (AvgIpc) is 2.90. The van der Waals surface area contributed by atoms with Gasteiger partial charge in [-0.1, -0.05) is 0 Å². The van der Waals surface area contributed by atoms with Crippen molar-refractivity contribution >= 4 is 17.0 Å². The largest absolute Gasteiger partial charge is 0.394 e. The van der Waals surface area contributed by atoms with Crippen LogP contribution in [0.25, 0.3) is 11.2 Å². The Kier molecular flexibility index (Phi) is 2.94. The highest BCUT2D eigenvalue weighted by atomic mass is 16.6. The van der Waals surface area contributed by atoms with Gasteiger partial charge in [-0.05, 0) is 0 Å². The highest BCUT2D eigenvalue weighted by Gasteiger charge is 2.44. The quantitative estimate of drug-likeness (QED) is 0.398. The molecule has 10 nitrogen and oxygen atoms in total. The van der Waals surface area contributed by atoms with Crippen LogP contribution >= 0.6 is 0 Å². The maximum absolute atomic E-state index is 12.0. The molecule has 0 aromatic carbocycles. The molecule has 2 aromatic rings. The topological polar surface area (TPSA) is 160 Å². The zero-order valence-corrected chi connectivity index (χ0v) is 10.2. The third-order valence-electron chi connectivity index (χ3n) is 3.31. The number of nitrogens with zero attached hydrogens (tertiary/aromatic N) is 3. The van der Waals surface area contributed by atoms with E-state index in [-0.39, 0.29) is 17.0 Å². The zero-order valence-electron chi connectivity index (χ0n) is 10.2. The maximum atomic E-state index is 12.0. The number of aromatic amines is 1. The summed E-state index contributed by atoms with van der Waals surface area (Å²) in [4.78, 5) is 22.1. The molecule has 1 aliphatic heterocycles. The Bertz CT molecular complexity index is 697. The van der Waals surface area contributed by atoms with Crippen LogP contribution in [-0.4, -0.2) is 59.8 Å². The van der Waals surface area contributed by atoms with Gasteiger partial charge in [-0.25, -0.2) is 19.3 Å². The van der Waals surface area contributed by atoms with Crippen LogP contribution in [0.2, 0.25) is 0 Å². The number of nitrogens with two attached hydrogens (primary N) is 1. The van der Waals surface area contributed by atoms with Gasteiger partial charge in [-0.15, -0.1) is 0 Å². The standard InChI is InChI=1S/C10H13N5O5/c11-7-4-8(13-2-12-7)15(10(19)14-4)9-6(18)5(17)3(1-16)20-9/h2-3,5-6,9,16-18H,1H2,(H,14,19)(H2,11,12,13)/t3?,5?,6-,9?/m0/s1. The molecule has 4 atom stereocenters. The van der Waals surface area contributed by atoms with Gasteiger partial charge in [0.25, 0.3) is 0 Å². The van der Waals surface area contributed by atoms with Gasteiger partial charge in [-0.2, -0.15) is 0 Å². The Morgan fingerprint density at radius 3 is 2.80 bits per heavy atom. The van der Waals surface area contributed by atoms with Crippen LogP contribution in [-0.2, 0) is 4.74 Å². The van der Waals surface area contributed by atoms with Gasteiger partial charge in [0.05, 0.1) is 6.61 Å². The molecular weight excluding hydrogens is 270 g/mol. The van der Waals surface area contributed by atoms with Gasteiger partial charge in [0.15, 0.2) is 17.7 Å². The molecule has 10 heteroatoms. The van der Waals surface area contributed by atoms with Gasteiger partial charge >= 0.3 is 5.69 Å². The number of fused-ring (bicyclic) bond motifs is 1. The molecule has 108 valence electrons. The molecule has 0 radical (unpaired) electrons. The zero-order chi connectivity index (χ0) is 14.4. The summed E-state index contributed by atoms with van der Waals surface area (Å²) in [6.45, 7) is -0.483. The first-order valence-corrected chi connectivity index (χ1v) is 5.87. The number of hydrogen-bond donors (Lipinski definition) is 5. The molecule has 2 aromatic heterocycles. The summed E-state index contributed by atoms with van der Waals surface area (Å²) in [6.07, 6.45) is -3.66. The fourth-order valence-corrected chi connectivity index (χ4v) is 2.28. The van der Waals surface area contributed by atoms with Crippen molar-refractivity contribution in [1.82, 2.24) is 19.5 Å². The Hall–Kier alpha value is -2.01. The first-order valence-electron chi connectivity index (χ1n) is 5.87. The lowest BCUT2D eigenvalue weighted by atomic mass is 10.1. The minimum Gasteiger partial charge on any atom is -0.394 e. The second kappa shape index (κ2) is 4.52. The lowest BCUT2D eigenvalue weighted by Gasteiger charge is -2.15. The summed E-state index contributed by atoms with van der Waals surface area (Å²) in [5.74, 6) is 0.0811. The third-order valence-corrected chi connectivity index (χ3v) is 3.31. The summed E-state index contributed by atoms with van der Waals surface area (Å²) in [6, 6.07) is 0. The van der Waals surface area contributed by atoms with Crippen molar-refractivity contribution in [2.75, 3.05) is 12.3 Å². The van der Waals surface area contributed by atoms with E-state index in [1.807, 2.05) is 0 Å². The predicted octanol–water partition coefficient (Wildman–Crippen LogP) is -2.69. The van der Waals surface area contributed by atoms with E-state index in [0.717, 1.165) is 4.57 Å². The molecule has 3 rings (SSSR count). The molecule has 0 saturated carbocycles. The second-order valence-electron chi connectivity index (χ2n) is 4.49. The summed E-state index contributed by atoms with van der Waals surface area (Å²) in [7, 11) is 0. The molecule has 0 aliphatic carbocycles. The lowest BCUT2D eigenvalue weighted by Crippen LogP contribution is -2.34. The van der Waals surface area contributed by atoms with Gasteiger partial charge in [0, 0.05) is 0 Å². The molecular formula is C10H13N5O5. The van der Waals surface area contributed by atoms with Crippen LogP contribution in [0, 0.1) is 0 Å². The number of nitrogens with one attached hydrogen (secondary N) is 1. The van der Waals surface area contributed by atoms with E-state index < -0.39 is 36.8 Å². The van der Waals surface area contributed by atoms with Crippen LogP contribution in [0.3, 0.4) is 0 Å². The van der Waals surface area contributed by atoms with Crippen LogP contribution in [0.15, 0.2) is 11.1 Å². The maximum Gasteiger partial charge on any atom is 0.330 e. The van der Waals surface area contributed by atoms with E-state index in [4.69, 9.17) is 15.6 Å². The molecule has 3 heterocycles. The fourth-order valence-electron chi connectivity index (χ4n) is 2.28. The van der Waals surface area contributed by atoms with Crippen molar-refractivity contribution in [3.63, 3.8) is 0 Å². The molecule has 20 heavy (non-hydrogen) atoms. The van der Waals surface area contributed by atoms with Crippen LogP contribution in [0.4, 0.5) is 5.82 Å². The number of anilines is 1. The van der Waals surface area contributed by atoms with Gasteiger partial charge < -0.3 is 30.8 Å². The van der Waals surface area contributed by atoms with E-state index in [0.29, 0.717) is 0 Å². The number of hydrogen-bond acceptors (Lipinski definition) is 8. The fraction of sp³-hybridized carbons (Fsp3) is 0.500. The normalized spacial score (nSPS) is 30.1. The van der Waals surface area contributed by atoms with Crippen molar-refractivity contribution < 1.29 is 20.1 Å². The van der Waals surface area contributed by atoms with Crippen molar-refractivity contribution in [2.24, 2.45) is 0 Å². The van der Waals surface area contributed by atoms with Crippen molar-refractivity contribution in [2.45, 2.75) is 24.5 Å². The predicted molar refractivity (Wildman–Crippen MR) is 65.6 cm³/mol. The molecule has 1 fully saturated rings. The molecule has 6 N–H and O–H groups in total. The van der Waals surface area contributed by atoms with E-state index in [9.17, 15) is 15.0 Å². The number of H-pyrrole nitrogens is 1. The SMILES string of the molecule is Nc1ncnc2c1[nH]c(=O)n2C1OC(CO)C(O)[C@@H]1O. The smallest absolute Gasteiger partial charge is 0.330 e. The van der Waals surface area contributed by atoms with Crippen LogP contribution < -0.4 is 11.4 Å². The van der Waals surface area contributed by atoms with Crippen LogP contribution in [0.5, 0.6) is 0 Å². The van der Waals surface area contributed by atoms with E-state index in [1.165, 1.54) is 6.33 Å². The summed E-state index contributed by atoms with van der Waals surface area (Å²) >= 11 is 0. The molecule has 3 unspecified atom stereocenters. The van der Waals surface area contributed by atoms with E-state index in [1.54, 1.807) is 0 Å². The summed E-state index contributed by atoms with van der Waals surface area (Å²) < 4.78 is 6.34. The van der Waals surface area contributed by atoms with Crippen molar-refractivity contribution in [3.05, 3.63) is 16.8 Å². The number of aliphatic hydroxyl groups is 3. The Morgan fingerprint density at radius 2 is 2.15 bits per heavy atom. The van der Waals surface area contributed by atoms with Crippen molar-refractivity contribution in [3.8, 4) is 0 Å². The number of imidazole rings is 1. The average molecular weight is 283 g/mol. The van der Waals surface area contributed by atoms with Gasteiger partial charge in [-0.3, -0.25) is 0 Å². The Labute approximate surface area is 111 Å². The molecule has 1 aliphatic rings. The molecule has 1 saturated heterocycles. The minimum atomic E-state index is -1.37. The number of rotatable bonds is 2. The van der Waals surface area contributed by atoms with E-state index >= 15 is 0 Å². The first-order chi connectivity index (χ1) is 9.54. The highest BCUT2D eigenvalue weighted by Crippen LogP contribution is 2.30. The van der Waals surface area contributed by atoms with Gasteiger partial charge in [0.1, 0.15) is 30.2 Å². The monoisotopic (exact) mass is 283 g/mol. The van der Waals surface area contributed by atoms with Crippen LogP contribution in [0.1, 0.15) is 6.23 Å². The second-order valence-corrected chi connectivity index (χ2v) is 4.49. The number of aromatic nitrogens is 4. The van der Waals surface area contributed by atoms with E-state index in [2.05, 4.69) is 15.0 Å². The number of ether oxygens (including phenoxy) is 1. The summed E-state index contributed by atoms with van der Waals surface area (Å²) in [5, 5.41) is 28.7. The van der Waals surface area contributed by atoms with Crippen molar-refractivity contribution in [1.29, 1.82) is 0 Å². The Balaban J connectivity index is 2.14. The number of aliphatic hydroxyl groups excluding tert-OH is 3. The highest BCUT2D eigenvalue weighted by molar-refractivity contribution is 5.81.